The number of rotatable bonds is 7. The molecule has 0 spiro atoms. The number of nitrogens with one attached hydrogen (secondary N) is 1. The van der Waals surface area contributed by atoms with Gasteiger partial charge in [0.15, 0.2) is 11.0 Å². The molecule has 0 saturated carbocycles. The van der Waals surface area contributed by atoms with Gasteiger partial charge in [-0.1, -0.05) is 35.5 Å². The van der Waals surface area contributed by atoms with E-state index in [2.05, 4.69) is 15.5 Å². The first-order valence-electron chi connectivity index (χ1n) is 8.83. The predicted octanol–water partition coefficient (Wildman–Crippen LogP) is 4.75. The highest BCUT2D eigenvalue weighted by molar-refractivity contribution is 8.00. The van der Waals surface area contributed by atoms with Crippen LogP contribution in [-0.4, -0.2) is 33.0 Å². The van der Waals surface area contributed by atoms with E-state index in [0.29, 0.717) is 22.4 Å². The second kappa shape index (κ2) is 9.12. The second-order valence-corrected chi connectivity index (χ2v) is 7.72. The average molecular weight is 417 g/mol. The number of benzene rings is 2. The molecule has 0 aliphatic heterocycles. The van der Waals surface area contributed by atoms with Gasteiger partial charge >= 0.3 is 0 Å². The van der Waals surface area contributed by atoms with Gasteiger partial charge in [0.05, 0.1) is 23.1 Å². The number of halogens is 1. The molecule has 1 atom stereocenters. The smallest absolute Gasteiger partial charge is 0.237 e. The Morgan fingerprint density at radius 2 is 1.93 bits per heavy atom. The molecule has 28 heavy (non-hydrogen) atoms. The summed E-state index contributed by atoms with van der Waals surface area (Å²) in [4.78, 5) is 12.6. The summed E-state index contributed by atoms with van der Waals surface area (Å²) in [6.45, 7) is 4.54. The van der Waals surface area contributed by atoms with Gasteiger partial charge in [0.1, 0.15) is 5.75 Å². The summed E-state index contributed by atoms with van der Waals surface area (Å²) in [6, 6.07) is 14.8. The lowest BCUT2D eigenvalue weighted by molar-refractivity contribution is -0.115. The van der Waals surface area contributed by atoms with Crippen LogP contribution in [-0.2, 0) is 11.3 Å². The summed E-state index contributed by atoms with van der Waals surface area (Å²) in [5.74, 6) is 1.40. The van der Waals surface area contributed by atoms with Crippen molar-refractivity contribution in [3.63, 3.8) is 0 Å². The van der Waals surface area contributed by atoms with Crippen molar-refractivity contribution >= 4 is 35.0 Å². The van der Waals surface area contributed by atoms with Crippen LogP contribution in [0.25, 0.3) is 11.4 Å². The van der Waals surface area contributed by atoms with Crippen molar-refractivity contribution in [2.45, 2.75) is 30.8 Å². The quantitative estimate of drug-likeness (QED) is 0.563. The molecule has 8 heteroatoms. The third-order valence-corrected chi connectivity index (χ3v) is 5.57. The predicted molar refractivity (Wildman–Crippen MR) is 113 cm³/mol. The van der Waals surface area contributed by atoms with E-state index in [1.54, 1.807) is 19.2 Å². The van der Waals surface area contributed by atoms with Crippen molar-refractivity contribution in [2.75, 3.05) is 12.4 Å². The van der Waals surface area contributed by atoms with Crippen LogP contribution in [0.1, 0.15) is 13.8 Å². The van der Waals surface area contributed by atoms with Crippen molar-refractivity contribution in [3.05, 3.63) is 53.6 Å². The number of carbonyl (C=O) groups is 1. The first-order valence-corrected chi connectivity index (χ1v) is 10.1. The van der Waals surface area contributed by atoms with Gasteiger partial charge in [-0.15, -0.1) is 10.2 Å². The highest BCUT2D eigenvalue weighted by Crippen LogP contribution is 2.29. The number of hydrogen-bond acceptors (Lipinski definition) is 5. The summed E-state index contributed by atoms with van der Waals surface area (Å²) < 4.78 is 7.19. The molecule has 2 aromatic carbocycles. The number of carbonyl (C=O) groups excluding carboxylic acids is 1. The standard InChI is InChI=1S/C20H21ClN4O2S/c1-4-25-18(14-9-11-15(27-3)12-10-14)23-24-20(25)28-13(2)19(26)22-17-8-6-5-7-16(17)21/h5-13H,4H2,1-3H3,(H,22,26)/t13-/m0/s1. The van der Waals surface area contributed by atoms with E-state index in [4.69, 9.17) is 16.3 Å². The minimum absolute atomic E-state index is 0.144. The monoisotopic (exact) mass is 416 g/mol. The Hall–Kier alpha value is -2.51. The van der Waals surface area contributed by atoms with Crippen LogP contribution in [0.15, 0.2) is 53.7 Å². The average Bonchev–Trinajstić information content (AvgIpc) is 3.12. The van der Waals surface area contributed by atoms with Gasteiger partial charge in [0.2, 0.25) is 5.91 Å². The normalized spacial score (nSPS) is 11.9. The number of nitrogens with zero attached hydrogens (tertiary/aromatic N) is 3. The van der Waals surface area contributed by atoms with Crippen LogP contribution in [0, 0.1) is 0 Å². The largest absolute Gasteiger partial charge is 0.497 e. The van der Waals surface area contributed by atoms with Gasteiger partial charge in [0.25, 0.3) is 0 Å². The van der Waals surface area contributed by atoms with Crippen molar-refractivity contribution < 1.29 is 9.53 Å². The number of thioether (sulfide) groups is 1. The maximum Gasteiger partial charge on any atom is 0.237 e. The minimum atomic E-state index is -0.366. The molecular formula is C20H21ClN4O2S. The Kier molecular flexibility index (Phi) is 6.59. The molecule has 1 amide bonds. The third-order valence-electron chi connectivity index (χ3n) is 4.16. The van der Waals surface area contributed by atoms with E-state index in [-0.39, 0.29) is 11.2 Å². The Balaban J connectivity index is 1.75. The molecule has 3 rings (SSSR count). The third kappa shape index (κ3) is 4.48. The Bertz CT molecular complexity index is 959. The molecule has 0 fully saturated rings. The van der Waals surface area contributed by atoms with Crippen molar-refractivity contribution in [1.82, 2.24) is 14.8 Å². The lowest BCUT2D eigenvalue weighted by Gasteiger charge is -2.13. The molecule has 146 valence electrons. The van der Waals surface area contributed by atoms with E-state index in [1.165, 1.54) is 11.8 Å². The SMILES string of the molecule is CCn1c(S[C@@H](C)C(=O)Nc2ccccc2Cl)nnc1-c1ccc(OC)cc1. The van der Waals surface area contributed by atoms with Gasteiger partial charge in [0, 0.05) is 12.1 Å². The van der Waals surface area contributed by atoms with Gasteiger partial charge in [-0.3, -0.25) is 4.79 Å². The number of amides is 1. The maximum atomic E-state index is 12.6. The molecule has 0 aliphatic rings. The Labute approximate surface area is 173 Å². The summed E-state index contributed by atoms with van der Waals surface area (Å²) in [5, 5.41) is 12.3. The second-order valence-electron chi connectivity index (χ2n) is 6.01. The molecule has 0 radical (unpaired) electrons. The number of anilines is 1. The summed E-state index contributed by atoms with van der Waals surface area (Å²) in [5.41, 5.74) is 1.53. The van der Waals surface area contributed by atoms with Crippen LogP contribution in [0.3, 0.4) is 0 Å². The van der Waals surface area contributed by atoms with Crippen LogP contribution in [0.5, 0.6) is 5.75 Å². The van der Waals surface area contributed by atoms with E-state index in [1.807, 2.05) is 54.8 Å². The topological polar surface area (TPSA) is 69.0 Å². The highest BCUT2D eigenvalue weighted by atomic mass is 35.5. The van der Waals surface area contributed by atoms with E-state index in [9.17, 15) is 4.79 Å². The van der Waals surface area contributed by atoms with Crippen LogP contribution in [0.2, 0.25) is 5.02 Å². The van der Waals surface area contributed by atoms with Gasteiger partial charge in [-0.25, -0.2) is 0 Å². The molecule has 0 saturated heterocycles. The van der Waals surface area contributed by atoms with E-state index in [0.717, 1.165) is 17.1 Å². The number of methoxy groups -OCH3 is 1. The fourth-order valence-electron chi connectivity index (χ4n) is 2.62. The molecule has 0 aliphatic carbocycles. The zero-order chi connectivity index (χ0) is 20.1. The highest BCUT2D eigenvalue weighted by Gasteiger charge is 2.21. The number of aromatic nitrogens is 3. The van der Waals surface area contributed by atoms with E-state index >= 15 is 0 Å². The van der Waals surface area contributed by atoms with Crippen molar-refractivity contribution in [3.8, 4) is 17.1 Å². The zero-order valence-corrected chi connectivity index (χ0v) is 17.4. The fourth-order valence-corrected chi connectivity index (χ4v) is 3.72. The number of ether oxygens (including phenoxy) is 1. The molecule has 1 aromatic heterocycles. The lowest BCUT2D eigenvalue weighted by Crippen LogP contribution is -2.23. The molecule has 1 heterocycles. The maximum absolute atomic E-state index is 12.6. The molecule has 3 aromatic rings. The van der Waals surface area contributed by atoms with Gasteiger partial charge in [-0.2, -0.15) is 0 Å². The molecule has 6 nitrogen and oxygen atoms in total. The minimum Gasteiger partial charge on any atom is -0.497 e. The lowest BCUT2D eigenvalue weighted by atomic mass is 10.2. The van der Waals surface area contributed by atoms with Crippen LogP contribution in [0.4, 0.5) is 5.69 Å². The summed E-state index contributed by atoms with van der Waals surface area (Å²) in [6.07, 6.45) is 0. The molecule has 1 N–H and O–H groups in total. The first kappa shape index (κ1) is 20.2. The molecular weight excluding hydrogens is 396 g/mol. The Morgan fingerprint density at radius 1 is 1.21 bits per heavy atom. The first-order chi connectivity index (χ1) is 13.5. The Morgan fingerprint density at radius 3 is 2.57 bits per heavy atom. The van der Waals surface area contributed by atoms with Gasteiger partial charge in [-0.05, 0) is 50.2 Å². The van der Waals surface area contributed by atoms with Crippen LogP contribution < -0.4 is 10.1 Å². The number of para-hydroxylation sites is 1. The zero-order valence-electron chi connectivity index (χ0n) is 15.8. The van der Waals surface area contributed by atoms with Gasteiger partial charge < -0.3 is 14.6 Å². The van der Waals surface area contributed by atoms with Crippen molar-refractivity contribution in [1.29, 1.82) is 0 Å². The summed E-state index contributed by atoms with van der Waals surface area (Å²) >= 11 is 7.48. The molecule has 0 bridgehead atoms. The number of hydrogen-bond donors (Lipinski definition) is 1. The fraction of sp³-hybridized carbons (Fsp3) is 0.250. The summed E-state index contributed by atoms with van der Waals surface area (Å²) in [7, 11) is 1.63. The van der Waals surface area contributed by atoms with Crippen LogP contribution >= 0.6 is 23.4 Å². The van der Waals surface area contributed by atoms with Crippen molar-refractivity contribution in [2.24, 2.45) is 0 Å². The molecule has 0 unspecified atom stereocenters. The van der Waals surface area contributed by atoms with E-state index < -0.39 is 0 Å².